The number of fused-ring (bicyclic) bond motifs is 1. The quantitative estimate of drug-likeness (QED) is 0.403. The van der Waals surface area contributed by atoms with E-state index in [1.165, 1.54) is 0 Å². The minimum atomic E-state index is -1.57. The summed E-state index contributed by atoms with van der Waals surface area (Å²) in [6.07, 6.45) is -1.70. The van der Waals surface area contributed by atoms with Crippen LogP contribution in [0.3, 0.4) is 0 Å². The van der Waals surface area contributed by atoms with Gasteiger partial charge in [-0.2, -0.15) is 0 Å². The number of aromatic nitrogens is 6. The lowest BCUT2D eigenvalue weighted by Crippen LogP contribution is -2.32. The van der Waals surface area contributed by atoms with Crippen LogP contribution < -0.4 is 0 Å². The summed E-state index contributed by atoms with van der Waals surface area (Å²) >= 11 is 0. The highest BCUT2D eigenvalue weighted by Gasteiger charge is 2.52. The largest absolute Gasteiger partial charge is 0.476 e. The number of ether oxygens (including phenoxy) is 2. The van der Waals surface area contributed by atoms with Gasteiger partial charge in [-0.3, -0.25) is 0 Å². The number of carbonyl (C=O) groups is 4. The maximum absolute atomic E-state index is 11.5. The highest BCUT2D eigenvalue weighted by Crippen LogP contribution is 2.40. The maximum Gasteiger partial charge on any atom is 0.359 e. The van der Waals surface area contributed by atoms with Crippen molar-refractivity contribution in [1.29, 1.82) is 0 Å². The van der Waals surface area contributed by atoms with E-state index >= 15 is 0 Å². The fourth-order valence-corrected chi connectivity index (χ4v) is 3.62. The zero-order valence-electron chi connectivity index (χ0n) is 14.6. The molecule has 4 N–H and O–H groups in total. The van der Waals surface area contributed by atoms with Crippen molar-refractivity contribution >= 4 is 23.9 Å². The highest BCUT2D eigenvalue weighted by molar-refractivity contribution is 5.99. The van der Waals surface area contributed by atoms with Gasteiger partial charge in [0.15, 0.2) is 11.4 Å². The molecule has 0 amide bonds. The van der Waals surface area contributed by atoms with Crippen LogP contribution in [0.4, 0.5) is 0 Å². The van der Waals surface area contributed by atoms with Gasteiger partial charge >= 0.3 is 23.9 Å². The highest BCUT2D eigenvalue weighted by atomic mass is 16.6. The number of hydrogen-bond acceptors (Lipinski definition) is 10. The molecular weight excluding hydrogens is 412 g/mol. The van der Waals surface area contributed by atoms with Crippen molar-refractivity contribution in [3.05, 3.63) is 22.8 Å². The van der Waals surface area contributed by atoms with Crippen LogP contribution in [0.15, 0.2) is 0 Å². The predicted octanol–water partition coefficient (Wildman–Crippen LogP) is -1.76. The monoisotopic (exact) mass is 424 g/mol. The molecule has 16 nitrogen and oxygen atoms in total. The molecule has 2 fully saturated rings. The van der Waals surface area contributed by atoms with Crippen LogP contribution in [0, 0.1) is 0 Å². The lowest BCUT2D eigenvalue weighted by atomic mass is 10.1. The Labute approximate surface area is 164 Å². The zero-order chi connectivity index (χ0) is 21.7. The lowest BCUT2D eigenvalue weighted by Gasteiger charge is -2.18. The van der Waals surface area contributed by atoms with Crippen molar-refractivity contribution in [1.82, 2.24) is 30.0 Å². The molecule has 0 spiro atoms. The summed E-state index contributed by atoms with van der Waals surface area (Å²) in [5.74, 6) is -6.28. The summed E-state index contributed by atoms with van der Waals surface area (Å²) in [5.41, 5.74) is -2.83. The van der Waals surface area contributed by atoms with E-state index in [2.05, 4.69) is 20.6 Å². The summed E-state index contributed by atoms with van der Waals surface area (Å²) in [5, 5.41) is 51.0. The standard InChI is InChI=1S/C14H12N6O10/c21-11(22)5-7(13(25)26)19(17-15-5)3-1-29-10-4(2-30-9(3)10)20-8(14(27)28)6(12(23)24)16-18-20/h3-4,9-10H,1-2H2,(H,21,22)(H,23,24)(H,25,26)(H,27,28)/t3-,4?,9?,10?/m1/s1. The first kappa shape index (κ1) is 19.4. The SMILES string of the molecule is O=C(O)c1nnn(C2COC3C2OC[C@H]3n2nnc(C(=O)O)c2C(=O)O)c1C(=O)O. The molecule has 4 rings (SSSR count). The Bertz CT molecular complexity index is 991. The average Bonchev–Trinajstić information content (AvgIpc) is 3.41. The Morgan fingerprint density at radius 1 is 0.700 bits per heavy atom. The summed E-state index contributed by atoms with van der Waals surface area (Å²) in [7, 11) is 0. The molecular formula is C14H12N6O10. The van der Waals surface area contributed by atoms with E-state index in [1.54, 1.807) is 0 Å². The van der Waals surface area contributed by atoms with Gasteiger partial charge in [-0.1, -0.05) is 10.4 Å². The number of rotatable bonds is 6. The molecule has 4 heterocycles. The van der Waals surface area contributed by atoms with Crippen LogP contribution in [-0.2, 0) is 9.47 Å². The average molecular weight is 424 g/mol. The molecule has 2 aliphatic heterocycles. The van der Waals surface area contributed by atoms with E-state index in [4.69, 9.17) is 19.7 Å². The van der Waals surface area contributed by atoms with Crippen LogP contribution in [0.5, 0.6) is 0 Å². The predicted molar refractivity (Wildman–Crippen MR) is 85.4 cm³/mol. The molecule has 0 radical (unpaired) electrons. The van der Waals surface area contributed by atoms with Crippen molar-refractivity contribution in [2.45, 2.75) is 24.3 Å². The van der Waals surface area contributed by atoms with E-state index in [1.807, 2.05) is 0 Å². The summed E-state index contributed by atoms with van der Waals surface area (Å²) in [6, 6.07) is -1.75. The van der Waals surface area contributed by atoms with Gasteiger partial charge < -0.3 is 29.9 Å². The van der Waals surface area contributed by atoms with Gasteiger partial charge in [0.25, 0.3) is 0 Å². The molecule has 2 aliphatic rings. The second-order valence-corrected chi connectivity index (χ2v) is 6.41. The van der Waals surface area contributed by atoms with E-state index in [-0.39, 0.29) is 13.2 Å². The number of hydrogen-bond donors (Lipinski definition) is 4. The van der Waals surface area contributed by atoms with E-state index in [0.29, 0.717) is 0 Å². The Balaban J connectivity index is 1.68. The van der Waals surface area contributed by atoms with Crippen LogP contribution >= 0.6 is 0 Å². The Hall–Kier alpha value is -3.92. The Morgan fingerprint density at radius 2 is 1.07 bits per heavy atom. The summed E-state index contributed by atoms with van der Waals surface area (Å²) < 4.78 is 13.0. The van der Waals surface area contributed by atoms with Gasteiger partial charge in [-0.15, -0.1) is 10.2 Å². The molecule has 4 atom stereocenters. The number of carboxylic acids is 4. The van der Waals surface area contributed by atoms with Gasteiger partial charge in [0, 0.05) is 0 Å². The molecule has 30 heavy (non-hydrogen) atoms. The maximum atomic E-state index is 11.5. The molecule has 0 aromatic carbocycles. The van der Waals surface area contributed by atoms with Gasteiger partial charge in [-0.05, 0) is 0 Å². The molecule has 3 unspecified atom stereocenters. The Morgan fingerprint density at radius 3 is 1.37 bits per heavy atom. The third-order valence-electron chi connectivity index (χ3n) is 4.83. The first-order chi connectivity index (χ1) is 14.2. The molecule has 16 heteroatoms. The van der Waals surface area contributed by atoms with Crippen molar-refractivity contribution in [3.63, 3.8) is 0 Å². The molecule has 0 saturated carbocycles. The molecule has 2 aromatic heterocycles. The number of carboxylic acid groups (broad SMARTS) is 4. The fourth-order valence-electron chi connectivity index (χ4n) is 3.62. The second-order valence-electron chi connectivity index (χ2n) is 6.41. The smallest absolute Gasteiger partial charge is 0.359 e. The van der Waals surface area contributed by atoms with Gasteiger partial charge in [0.2, 0.25) is 11.4 Å². The lowest BCUT2D eigenvalue weighted by molar-refractivity contribution is 0.0564. The molecule has 158 valence electrons. The van der Waals surface area contributed by atoms with Gasteiger partial charge in [-0.25, -0.2) is 28.5 Å². The van der Waals surface area contributed by atoms with Crippen molar-refractivity contribution in [2.24, 2.45) is 0 Å². The fraction of sp³-hybridized carbons (Fsp3) is 0.429. The van der Waals surface area contributed by atoms with E-state index in [0.717, 1.165) is 9.36 Å². The number of aromatic carboxylic acids is 4. The van der Waals surface area contributed by atoms with Crippen molar-refractivity contribution in [3.8, 4) is 0 Å². The third kappa shape index (κ3) is 2.77. The number of nitrogens with zero attached hydrogens (tertiary/aromatic N) is 6. The van der Waals surface area contributed by atoms with Crippen molar-refractivity contribution < 1.29 is 49.1 Å². The van der Waals surface area contributed by atoms with E-state index < -0.39 is 70.9 Å². The summed E-state index contributed by atoms with van der Waals surface area (Å²) in [4.78, 5) is 45.5. The minimum Gasteiger partial charge on any atom is -0.476 e. The first-order valence-electron chi connectivity index (χ1n) is 8.29. The normalized spacial score (nSPS) is 25.2. The van der Waals surface area contributed by atoms with Crippen LogP contribution in [0.25, 0.3) is 0 Å². The molecule has 2 aromatic rings. The Kier molecular flexibility index (Phi) is 4.43. The first-order valence-corrected chi connectivity index (χ1v) is 8.29. The minimum absolute atomic E-state index is 0.141. The van der Waals surface area contributed by atoms with E-state index in [9.17, 15) is 29.4 Å². The summed E-state index contributed by atoms with van der Waals surface area (Å²) in [6.45, 7) is -0.283. The molecule has 0 bridgehead atoms. The topological polar surface area (TPSA) is 229 Å². The van der Waals surface area contributed by atoms with Crippen molar-refractivity contribution in [2.75, 3.05) is 13.2 Å². The van der Waals surface area contributed by atoms with Crippen LogP contribution in [0.2, 0.25) is 0 Å². The molecule has 2 saturated heterocycles. The zero-order valence-corrected chi connectivity index (χ0v) is 14.6. The molecule has 0 aliphatic carbocycles. The van der Waals surface area contributed by atoms with Crippen LogP contribution in [0.1, 0.15) is 54.0 Å². The van der Waals surface area contributed by atoms with Crippen LogP contribution in [-0.4, -0.2) is 99.7 Å². The third-order valence-corrected chi connectivity index (χ3v) is 4.83. The second kappa shape index (κ2) is 6.85. The van der Waals surface area contributed by atoms with Gasteiger partial charge in [0.1, 0.15) is 24.3 Å². The van der Waals surface area contributed by atoms with Gasteiger partial charge in [0.05, 0.1) is 13.2 Å².